The third-order valence-electron chi connectivity index (χ3n) is 2.96. The first-order chi connectivity index (χ1) is 8.99. The van der Waals surface area contributed by atoms with Crippen molar-refractivity contribution in [2.45, 2.75) is 65.5 Å². The van der Waals surface area contributed by atoms with Crippen LogP contribution in [0, 0.1) is 0 Å². The van der Waals surface area contributed by atoms with E-state index in [-0.39, 0.29) is 30.4 Å². The van der Waals surface area contributed by atoms with Gasteiger partial charge in [0.25, 0.3) is 0 Å². The van der Waals surface area contributed by atoms with E-state index in [1.807, 2.05) is 20.8 Å². The number of nitrogens with one attached hydrogen (secondary N) is 3. The quantitative estimate of drug-likeness (QED) is 0.523. The molecular formula is C14H29N3O2. The molecule has 0 radical (unpaired) electrons. The van der Waals surface area contributed by atoms with Crippen LogP contribution < -0.4 is 16.0 Å². The summed E-state index contributed by atoms with van der Waals surface area (Å²) in [6.07, 6.45) is 3.38. The third kappa shape index (κ3) is 10.5. The Balaban J connectivity index is 3.58. The van der Waals surface area contributed by atoms with Crippen LogP contribution in [-0.2, 0) is 9.59 Å². The Morgan fingerprint density at radius 2 is 1.63 bits per heavy atom. The zero-order chi connectivity index (χ0) is 14.7. The van der Waals surface area contributed by atoms with Crippen molar-refractivity contribution in [2.24, 2.45) is 0 Å². The molecular weight excluding hydrogens is 242 g/mol. The van der Waals surface area contributed by atoms with Gasteiger partial charge in [-0.15, -0.1) is 0 Å². The lowest BCUT2D eigenvalue weighted by molar-refractivity contribution is -0.123. The van der Waals surface area contributed by atoms with Gasteiger partial charge < -0.3 is 16.0 Å². The highest BCUT2D eigenvalue weighted by Crippen LogP contribution is 1.93. The van der Waals surface area contributed by atoms with E-state index < -0.39 is 0 Å². The van der Waals surface area contributed by atoms with Gasteiger partial charge in [-0.25, -0.2) is 0 Å². The fourth-order valence-electron chi connectivity index (χ4n) is 1.68. The molecule has 2 amide bonds. The molecule has 3 N–H and O–H groups in total. The van der Waals surface area contributed by atoms with E-state index in [2.05, 4.69) is 22.9 Å². The Morgan fingerprint density at radius 1 is 1.00 bits per heavy atom. The summed E-state index contributed by atoms with van der Waals surface area (Å²) in [5.41, 5.74) is 0. The van der Waals surface area contributed by atoms with Crippen LogP contribution in [0.25, 0.3) is 0 Å². The predicted octanol–water partition coefficient (Wildman–Crippen LogP) is 1.19. The number of hydrogen-bond acceptors (Lipinski definition) is 3. The molecule has 0 aliphatic heterocycles. The number of carbonyl (C=O) groups is 2. The Labute approximate surface area is 116 Å². The first kappa shape index (κ1) is 17.9. The summed E-state index contributed by atoms with van der Waals surface area (Å²) in [6, 6.07) is 0.429. The molecule has 112 valence electrons. The van der Waals surface area contributed by atoms with Crippen molar-refractivity contribution in [3.8, 4) is 0 Å². The Hall–Kier alpha value is -1.10. The maximum atomic E-state index is 11.5. The summed E-state index contributed by atoms with van der Waals surface area (Å²) < 4.78 is 0. The molecule has 0 aliphatic carbocycles. The van der Waals surface area contributed by atoms with E-state index in [9.17, 15) is 9.59 Å². The number of rotatable bonds is 10. The van der Waals surface area contributed by atoms with Gasteiger partial charge >= 0.3 is 0 Å². The van der Waals surface area contributed by atoms with Crippen LogP contribution >= 0.6 is 0 Å². The minimum Gasteiger partial charge on any atom is -0.354 e. The van der Waals surface area contributed by atoms with Crippen molar-refractivity contribution in [2.75, 3.05) is 13.1 Å². The van der Waals surface area contributed by atoms with E-state index in [0.717, 1.165) is 19.3 Å². The van der Waals surface area contributed by atoms with E-state index in [1.54, 1.807) is 0 Å². The fourth-order valence-corrected chi connectivity index (χ4v) is 1.68. The number of hydrogen-bond donors (Lipinski definition) is 3. The average molecular weight is 271 g/mol. The largest absolute Gasteiger partial charge is 0.354 e. The zero-order valence-corrected chi connectivity index (χ0v) is 12.7. The molecule has 0 aliphatic rings. The maximum Gasteiger partial charge on any atom is 0.234 e. The highest BCUT2D eigenvalue weighted by atomic mass is 16.2. The molecule has 2 atom stereocenters. The minimum atomic E-state index is -0.0108. The fraction of sp³-hybridized carbons (Fsp3) is 0.857. The first-order valence-electron chi connectivity index (χ1n) is 7.29. The molecule has 0 bridgehead atoms. The van der Waals surface area contributed by atoms with Crippen LogP contribution in [-0.4, -0.2) is 37.0 Å². The van der Waals surface area contributed by atoms with Gasteiger partial charge in [0.15, 0.2) is 0 Å². The molecule has 2 unspecified atom stereocenters. The van der Waals surface area contributed by atoms with Crippen LogP contribution in [0.4, 0.5) is 0 Å². The van der Waals surface area contributed by atoms with Gasteiger partial charge in [-0.05, 0) is 26.7 Å². The van der Waals surface area contributed by atoms with Crippen molar-refractivity contribution < 1.29 is 9.59 Å². The summed E-state index contributed by atoms with van der Waals surface area (Å²) in [6.45, 7) is 8.90. The summed E-state index contributed by atoms with van der Waals surface area (Å²) in [5, 5.41) is 8.78. The van der Waals surface area contributed by atoms with Gasteiger partial charge in [0.05, 0.1) is 6.54 Å². The van der Waals surface area contributed by atoms with Crippen molar-refractivity contribution >= 4 is 11.8 Å². The second-order valence-electron chi connectivity index (χ2n) is 5.06. The summed E-state index contributed by atoms with van der Waals surface area (Å²) in [7, 11) is 0. The molecule has 5 heteroatoms. The predicted molar refractivity (Wildman–Crippen MR) is 77.9 cm³/mol. The standard InChI is InChI=1S/C14H29N3O2/c1-5-7-12(4)17-14(19)10-15-9-8-13(18)16-11(3)6-2/h11-12,15H,5-10H2,1-4H3,(H,16,18)(H,17,19). The third-order valence-corrected chi connectivity index (χ3v) is 2.96. The van der Waals surface area contributed by atoms with Crippen LogP contribution in [0.5, 0.6) is 0 Å². The van der Waals surface area contributed by atoms with Crippen molar-refractivity contribution in [3.05, 3.63) is 0 Å². The zero-order valence-electron chi connectivity index (χ0n) is 12.7. The van der Waals surface area contributed by atoms with Gasteiger partial charge in [0, 0.05) is 25.0 Å². The van der Waals surface area contributed by atoms with Crippen LogP contribution in [0.3, 0.4) is 0 Å². The first-order valence-corrected chi connectivity index (χ1v) is 7.29. The van der Waals surface area contributed by atoms with Crippen molar-refractivity contribution in [3.63, 3.8) is 0 Å². The van der Waals surface area contributed by atoms with Crippen LogP contribution in [0.15, 0.2) is 0 Å². The van der Waals surface area contributed by atoms with Gasteiger partial charge in [-0.3, -0.25) is 9.59 Å². The smallest absolute Gasteiger partial charge is 0.234 e. The normalized spacial score (nSPS) is 13.7. The monoisotopic (exact) mass is 271 g/mol. The number of carbonyl (C=O) groups excluding carboxylic acids is 2. The number of amides is 2. The molecule has 0 fully saturated rings. The molecule has 0 aromatic rings. The van der Waals surface area contributed by atoms with Crippen LogP contribution in [0.2, 0.25) is 0 Å². The lowest BCUT2D eigenvalue weighted by Crippen LogP contribution is -2.40. The summed E-state index contributed by atoms with van der Waals surface area (Å²) in [4.78, 5) is 23.0. The molecule has 0 saturated heterocycles. The van der Waals surface area contributed by atoms with Crippen molar-refractivity contribution in [1.82, 2.24) is 16.0 Å². The summed E-state index contributed by atoms with van der Waals surface area (Å²) >= 11 is 0. The van der Waals surface area contributed by atoms with E-state index in [1.165, 1.54) is 0 Å². The van der Waals surface area contributed by atoms with E-state index in [4.69, 9.17) is 0 Å². The lowest BCUT2D eigenvalue weighted by atomic mass is 10.2. The molecule has 0 spiro atoms. The van der Waals surface area contributed by atoms with Crippen LogP contribution in [0.1, 0.15) is 53.4 Å². The Kier molecular flexibility index (Phi) is 10.2. The molecule has 0 heterocycles. The molecule has 19 heavy (non-hydrogen) atoms. The molecule has 0 saturated carbocycles. The molecule has 0 aromatic carbocycles. The van der Waals surface area contributed by atoms with E-state index in [0.29, 0.717) is 13.0 Å². The van der Waals surface area contributed by atoms with Gasteiger partial charge in [-0.1, -0.05) is 20.3 Å². The lowest BCUT2D eigenvalue weighted by Gasteiger charge is -2.13. The molecule has 5 nitrogen and oxygen atoms in total. The topological polar surface area (TPSA) is 70.2 Å². The Morgan fingerprint density at radius 3 is 2.21 bits per heavy atom. The highest BCUT2D eigenvalue weighted by molar-refractivity contribution is 5.78. The van der Waals surface area contributed by atoms with Gasteiger partial charge in [0.1, 0.15) is 0 Å². The second-order valence-corrected chi connectivity index (χ2v) is 5.06. The SMILES string of the molecule is CCCC(C)NC(=O)CNCCC(=O)NC(C)CC. The molecule has 0 rings (SSSR count). The minimum absolute atomic E-state index is 0.0108. The second kappa shape index (κ2) is 10.8. The van der Waals surface area contributed by atoms with Crippen molar-refractivity contribution in [1.29, 1.82) is 0 Å². The molecule has 0 aromatic heterocycles. The maximum absolute atomic E-state index is 11.5. The summed E-state index contributed by atoms with van der Waals surface area (Å²) in [5.74, 6) is 0.0184. The average Bonchev–Trinajstić information content (AvgIpc) is 2.34. The van der Waals surface area contributed by atoms with E-state index >= 15 is 0 Å². The highest BCUT2D eigenvalue weighted by Gasteiger charge is 2.07. The Bertz CT molecular complexity index is 269. The van der Waals surface area contributed by atoms with Gasteiger partial charge in [-0.2, -0.15) is 0 Å². The van der Waals surface area contributed by atoms with Gasteiger partial charge in [0.2, 0.25) is 11.8 Å².